The van der Waals surface area contributed by atoms with Crippen LogP contribution in [-0.2, 0) is 4.74 Å². The van der Waals surface area contributed by atoms with Crippen molar-refractivity contribution in [2.24, 2.45) is 5.73 Å². The Hall–Kier alpha value is -1.55. The molecule has 106 valence electrons. The number of benzene rings is 1. The molecule has 2 atom stereocenters. The van der Waals surface area contributed by atoms with Gasteiger partial charge in [-0.2, -0.15) is 0 Å². The van der Waals surface area contributed by atoms with Gasteiger partial charge in [0.15, 0.2) is 0 Å². The molecule has 2 unspecified atom stereocenters. The molecule has 0 radical (unpaired) electrons. The standard InChI is InChI=1S/C15H24N2O2/c1-11(12-8-6-5-7-9-12)13(10-16)17-14(18)19-15(2,3)4/h5-9,11,13H,10,16H2,1-4H3,(H,17,18). The lowest BCUT2D eigenvalue weighted by molar-refractivity contribution is 0.0499. The Morgan fingerprint density at radius 3 is 2.37 bits per heavy atom. The monoisotopic (exact) mass is 264 g/mol. The smallest absolute Gasteiger partial charge is 0.407 e. The minimum absolute atomic E-state index is 0.138. The summed E-state index contributed by atoms with van der Waals surface area (Å²) in [6, 6.07) is 9.85. The highest BCUT2D eigenvalue weighted by molar-refractivity contribution is 5.68. The predicted molar refractivity (Wildman–Crippen MR) is 77.1 cm³/mol. The van der Waals surface area contributed by atoms with E-state index in [1.54, 1.807) is 0 Å². The van der Waals surface area contributed by atoms with Crippen molar-refractivity contribution in [3.05, 3.63) is 35.9 Å². The van der Waals surface area contributed by atoms with E-state index < -0.39 is 11.7 Å². The number of ether oxygens (including phenoxy) is 1. The maximum Gasteiger partial charge on any atom is 0.407 e. The van der Waals surface area contributed by atoms with E-state index in [1.165, 1.54) is 0 Å². The Kier molecular flexibility index (Phi) is 5.36. The van der Waals surface area contributed by atoms with Gasteiger partial charge < -0.3 is 15.8 Å². The summed E-state index contributed by atoms with van der Waals surface area (Å²) in [6.45, 7) is 7.93. The fourth-order valence-corrected chi connectivity index (χ4v) is 1.84. The van der Waals surface area contributed by atoms with Gasteiger partial charge >= 0.3 is 6.09 Å². The Bertz CT molecular complexity index is 398. The Morgan fingerprint density at radius 2 is 1.89 bits per heavy atom. The highest BCUT2D eigenvalue weighted by atomic mass is 16.6. The molecule has 0 bridgehead atoms. The van der Waals surface area contributed by atoms with Crippen LogP contribution in [0, 0.1) is 0 Å². The summed E-state index contributed by atoms with van der Waals surface area (Å²) in [5.74, 6) is 0.138. The summed E-state index contributed by atoms with van der Waals surface area (Å²) in [6.07, 6.45) is -0.425. The normalized spacial score (nSPS) is 14.6. The van der Waals surface area contributed by atoms with Gasteiger partial charge in [0.25, 0.3) is 0 Å². The molecule has 0 heterocycles. The van der Waals surface area contributed by atoms with Crippen molar-refractivity contribution in [1.29, 1.82) is 0 Å². The lowest BCUT2D eigenvalue weighted by Gasteiger charge is -2.26. The van der Waals surface area contributed by atoms with E-state index in [2.05, 4.69) is 5.32 Å². The summed E-state index contributed by atoms with van der Waals surface area (Å²) in [5, 5.41) is 2.84. The van der Waals surface area contributed by atoms with Gasteiger partial charge in [0.05, 0.1) is 6.04 Å². The van der Waals surface area contributed by atoms with Crippen LogP contribution in [0.25, 0.3) is 0 Å². The molecular weight excluding hydrogens is 240 g/mol. The number of rotatable bonds is 4. The third kappa shape index (κ3) is 5.30. The van der Waals surface area contributed by atoms with E-state index in [1.807, 2.05) is 58.0 Å². The van der Waals surface area contributed by atoms with Gasteiger partial charge in [0.1, 0.15) is 5.60 Å². The van der Waals surface area contributed by atoms with Gasteiger partial charge in [-0.3, -0.25) is 0 Å². The molecular formula is C15H24N2O2. The molecule has 1 aromatic rings. The number of amides is 1. The number of nitrogens with two attached hydrogens (primary N) is 1. The zero-order chi connectivity index (χ0) is 14.5. The van der Waals surface area contributed by atoms with Crippen LogP contribution >= 0.6 is 0 Å². The third-order valence-electron chi connectivity index (χ3n) is 2.88. The zero-order valence-corrected chi connectivity index (χ0v) is 12.1. The van der Waals surface area contributed by atoms with Crippen LogP contribution in [0.15, 0.2) is 30.3 Å². The van der Waals surface area contributed by atoms with Gasteiger partial charge in [-0.1, -0.05) is 37.3 Å². The van der Waals surface area contributed by atoms with Gasteiger partial charge in [0, 0.05) is 12.5 Å². The summed E-state index contributed by atoms with van der Waals surface area (Å²) in [4.78, 5) is 11.8. The Balaban J connectivity index is 2.66. The summed E-state index contributed by atoms with van der Waals surface area (Å²) in [7, 11) is 0. The lowest BCUT2D eigenvalue weighted by atomic mass is 9.93. The van der Waals surface area contributed by atoms with Crippen molar-refractivity contribution in [1.82, 2.24) is 5.32 Å². The number of hydrogen-bond acceptors (Lipinski definition) is 3. The topological polar surface area (TPSA) is 64.3 Å². The van der Waals surface area contributed by atoms with Crippen molar-refractivity contribution in [3.8, 4) is 0 Å². The van der Waals surface area contributed by atoms with E-state index in [-0.39, 0.29) is 12.0 Å². The molecule has 0 fully saturated rings. The first-order valence-electron chi connectivity index (χ1n) is 6.58. The minimum Gasteiger partial charge on any atom is -0.444 e. The second kappa shape index (κ2) is 6.57. The van der Waals surface area contributed by atoms with Gasteiger partial charge in [-0.25, -0.2) is 4.79 Å². The van der Waals surface area contributed by atoms with Crippen molar-refractivity contribution < 1.29 is 9.53 Å². The molecule has 0 spiro atoms. The molecule has 0 saturated heterocycles. The van der Waals surface area contributed by atoms with Gasteiger partial charge in [-0.05, 0) is 26.3 Å². The Labute approximate surface area is 115 Å². The zero-order valence-electron chi connectivity index (χ0n) is 12.1. The molecule has 1 amide bonds. The third-order valence-corrected chi connectivity index (χ3v) is 2.88. The number of hydrogen-bond donors (Lipinski definition) is 2. The molecule has 1 rings (SSSR count). The predicted octanol–water partition coefficient (Wildman–Crippen LogP) is 2.64. The maximum atomic E-state index is 11.8. The molecule has 0 aliphatic carbocycles. The second-order valence-corrected chi connectivity index (χ2v) is 5.69. The Morgan fingerprint density at radius 1 is 1.32 bits per heavy atom. The fourth-order valence-electron chi connectivity index (χ4n) is 1.84. The maximum absolute atomic E-state index is 11.8. The van der Waals surface area contributed by atoms with Crippen LogP contribution in [0.5, 0.6) is 0 Å². The van der Waals surface area contributed by atoms with Crippen molar-refractivity contribution >= 4 is 6.09 Å². The fraction of sp³-hybridized carbons (Fsp3) is 0.533. The highest BCUT2D eigenvalue weighted by Gasteiger charge is 2.23. The molecule has 3 N–H and O–H groups in total. The summed E-state index contributed by atoms with van der Waals surface area (Å²) in [5.41, 5.74) is 6.40. The van der Waals surface area contributed by atoms with Gasteiger partial charge in [-0.15, -0.1) is 0 Å². The molecule has 0 saturated carbocycles. The van der Waals surface area contributed by atoms with E-state index in [4.69, 9.17) is 10.5 Å². The van der Waals surface area contributed by atoms with E-state index >= 15 is 0 Å². The van der Waals surface area contributed by atoms with Crippen LogP contribution in [0.3, 0.4) is 0 Å². The van der Waals surface area contributed by atoms with Crippen LogP contribution < -0.4 is 11.1 Å². The SMILES string of the molecule is CC(c1ccccc1)C(CN)NC(=O)OC(C)(C)C. The molecule has 0 aliphatic rings. The second-order valence-electron chi connectivity index (χ2n) is 5.69. The first-order chi connectivity index (χ1) is 8.83. The summed E-state index contributed by atoms with van der Waals surface area (Å²) >= 11 is 0. The van der Waals surface area contributed by atoms with Crippen LogP contribution in [0.2, 0.25) is 0 Å². The first kappa shape index (κ1) is 15.5. The van der Waals surface area contributed by atoms with Crippen LogP contribution in [0.4, 0.5) is 4.79 Å². The average molecular weight is 264 g/mol. The van der Waals surface area contributed by atoms with Crippen molar-refractivity contribution in [3.63, 3.8) is 0 Å². The van der Waals surface area contributed by atoms with Crippen molar-refractivity contribution in [2.45, 2.75) is 45.3 Å². The average Bonchev–Trinajstić information content (AvgIpc) is 2.34. The van der Waals surface area contributed by atoms with E-state index in [9.17, 15) is 4.79 Å². The van der Waals surface area contributed by atoms with E-state index in [0.717, 1.165) is 5.56 Å². The molecule has 0 aromatic heterocycles. The number of nitrogens with one attached hydrogen (secondary N) is 1. The minimum atomic E-state index is -0.501. The van der Waals surface area contributed by atoms with Crippen LogP contribution in [0.1, 0.15) is 39.2 Å². The molecule has 19 heavy (non-hydrogen) atoms. The van der Waals surface area contributed by atoms with Crippen molar-refractivity contribution in [2.75, 3.05) is 6.54 Å². The molecule has 4 heteroatoms. The van der Waals surface area contributed by atoms with E-state index in [0.29, 0.717) is 6.54 Å². The number of carbonyl (C=O) groups excluding carboxylic acids is 1. The molecule has 0 aliphatic heterocycles. The van der Waals surface area contributed by atoms with Gasteiger partial charge in [0.2, 0.25) is 0 Å². The quantitative estimate of drug-likeness (QED) is 0.878. The number of carbonyl (C=O) groups is 1. The largest absolute Gasteiger partial charge is 0.444 e. The summed E-state index contributed by atoms with van der Waals surface area (Å²) < 4.78 is 5.25. The molecule has 4 nitrogen and oxygen atoms in total. The number of alkyl carbamates (subject to hydrolysis) is 1. The highest BCUT2D eigenvalue weighted by Crippen LogP contribution is 2.18. The molecule has 1 aromatic carbocycles. The van der Waals surface area contributed by atoms with Crippen LogP contribution in [-0.4, -0.2) is 24.3 Å². The first-order valence-corrected chi connectivity index (χ1v) is 6.58. The lowest BCUT2D eigenvalue weighted by Crippen LogP contribution is -2.45.